The van der Waals surface area contributed by atoms with E-state index < -0.39 is 11.7 Å². The lowest BCUT2D eigenvalue weighted by atomic mass is 10.2. The van der Waals surface area contributed by atoms with Gasteiger partial charge in [0, 0.05) is 16.2 Å². The highest BCUT2D eigenvalue weighted by Gasteiger charge is 2.31. The van der Waals surface area contributed by atoms with Crippen LogP contribution in [0.5, 0.6) is 0 Å². The van der Waals surface area contributed by atoms with Crippen LogP contribution in [-0.2, 0) is 6.18 Å². The third-order valence-corrected chi connectivity index (χ3v) is 2.92. The molecule has 1 saturated carbocycles. The summed E-state index contributed by atoms with van der Waals surface area (Å²) in [5, 5.41) is 3.05. The first-order chi connectivity index (χ1) is 6.97. The van der Waals surface area contributed by atoms with Crippen LogP contribution in [0.2, 0.25) is 0 Å². The van der Waals surface area contributed by atoms with E-state index in [0.717, 1.165) is 25.0 Å². The number of hydrogen-bond acceptors (Lipinski definition) is 1. The summed E-state index contributed by atoms with van der Waals surface area (Å²) in [7, 11) is 0. The molecule has 15 heavy (non-hydrogen) atoms. The minimum Gasteiger partial charge on any atom is -0.381 e. The maximum atomic E-state index is 12.4. The average Bonchev–Trinajstić information content (AvgIpc) is 2.90. The van der Waals surface area contributed by atoms with Gasteiger partial charge in [-0.25, -0.2) is 0 Å². The molecular weight excluding hydrogens is 271 g/mol. The van der Waals surface area contributed by atoms with Crippen LogP contribution in [-0.4, -0.2) is 6.04 Å². The van der Waals surface area contributed by atoms with Crippen LogP contribution in [0.3, 0.4) is 0 Å². The van der Waals surface area contributed by atoms with E-state index in [1.807, 2.05) is 0 Å². The van der Waals surface area contributed by atoms with Crippen LogP contribution >= 0.6 is 15.9 Å². The molecule has 1 fully saturated rings. The van der Waals surface area contributed by atoms with E-state index in [-0.39, 0.29) is 0 Å². The second-order valence-electron chi connectivity index (χ2n) is 3.61. The Labute approximate surface area is 93.8 Å². The normalized spacial score (nSPS) is 16.5. The van der Waals surface area contributed by atoms with Gasteiger partial charge in [0.05, 0.1) is 5.56 Å². The predicted octanol–water partition coefficient (Wildman–Crippen LogP) is 4.04. The number of hydrogen-bond donors (Lipinski definition) is 1. The zero-order valence-corrected chi connectivity index (χ0v) is 9.32. The average molecular weight is 280 g/mol. The van der Waals surface area contributed by atoms with Crippen molar-refractivity contribution in [3.63, 3.8) is 0 Å². The maximum Gasteiger partial charge on any atom is 0.416 e. The fourth-order valence-electron chi connectivity index (χ4n) is 1.26. The van der Waals surface area contributed by atoms with Crippen molar-refractivity contribution in [3.8, 4) is 0 Å². The summed E-state index contributed by atoms with van der Waals surface area (Å²) in [4.78, 5) is 0. The Morgan fingerprint density at radius 3 is 2.47 bits per heavy atom. The fraction of sp³-hybridized carbons (Fsp3) is 0.400. The Balaban J connectivity index is 2.27. The molecular formula is C10H9BrF3N. The molecule has 1 aromatic carbocycles. The Hall–Kier alpha value is -0.710. The van der Waals surface area contributed by atoms with Gasteiger partial charge in [0.15, 0.2) is 0 Å². The number of nitrogens with one attached hydrogen (secondary N) is 1. The molecule has 0 aliphatic heterocycles. The van der Waals surface area contributed by atoms with Crippen molar-refractivity contribution >= 4 is 21.6 Å². The summed E-state index contributed by atoms with van der Waals surface area (Å²) in [6, 6.07) is 3.97. The van der Waals surface area contributed by atoms with Crippen LogP contribution in [0.1, 0.15) is 18.4 Å². The van der Waals surface area contributed by atoms with Gasteiger partial charge in [-0.3, -0.25) is 0 Å². The summed E-state index contributed by atoms with van der Waals surface area (Å²) in [5.74, 6) is 0. The minimum absolute atomic E-state index is 0.338. The molecule has 1 aliphatic carbocycles. The van der Waals surface area contributed by atoms with Crippen molar-refractivity contribution in [3.05, 3.63) is 28.2 Å². The summed E-state index contributed by atoms with van der Waals surface area (Å²) in [5.41, 5.74) is -0.0961. The van der Waals surface area contributed by atoms with Gasteiger partial charge >= 0.3 is 6.18 Å². The van der Waals surface area contributed by atoms with E-state index in [0.29, 0.717) is 16.2 Å². The van der Waals surface area contributed by atoms with Crippen LogP contribution in [0.15, 0.2) is 22.7 Å². The number of benzene rings is 1. The quantitative estimate of drug-likeness (QED) is 0.862. The summed E-state index contributed by atoms with van der Waals surface area (Å²) < 4.78 is 37.9. The Kier molecular flexibility index (Phi) is 2.66. The van der Waals surface area contributed by atoms with Gasteiger partial charge in [-0.1, -0.05) is 0 Å². The molecule has 5 heteroatoms. The van der Waals surface area contributed by atoms with Gasteiger partial charge in [-0.2, -0.15) is 13.2 Å². The number of anilines is 1. The van der Waals surface area contributed by atoms with Gasteiger partial charge < -0.3 is 5.32 Å². The highest BCUT2D eigenvalue weighted by Crippen LogP contribution is 2.35. The van der Waals surface area contributed by atoms with Crippen molar-refractivity contribution in [2.45, 2.75) is 25.1 Å². The number of halogens is 4. The molecule has 0 unspecified atom stereocenters. The first-order valence-electron chi connectivity index (χ1n) is 4.60. The van der Waals surface area contributed by atoms with Crippen molar-refractivity contribution in [2.75, 3.05) is 5.32 Å². The predicted molar refractivity (Wildman–Crippen MR) is 55.8 cm³/mol. The van der Waals surface area contributed by atoms with Crippen LogP contribution in [0.25, 0.3) is 0 Å². The van der Waals surface area contributed by atoms with E-state index in [4.69, 9.17) is 0 Å². The SMILES string of the molecule is FC(F)(F)c1ccc(Br)c(NC2CC2)c1. The lowest BCUT2D eigenvalue weighted by Crippen LogP contribution is -2.07. The highest BCUT2D eigenvalue weighted by molar-refractivity contribution is 9.10. The van der Waals surface area contributed by atoms with E-state index in [1.54, 1.807) is 0 Å². The molecule has 1 aromatic rings. The Bertz CT molecular complexity index is 371. The number of alkyl halides is 3. The molecule has 0 radical (unpaired) electrons. The van der Waals surface area contributed by atoms with Gasteiger partial charge in [0.1, 0.15) is 0 Å². The van der Waals surface area contributed by atoms with Crippen LogP contribution in [0.4, 0.5) is 18.9 Å². The lowest BCUT2D eigenvalue weighted by molar-refractivity contribution is -0.137. The zero-order chi connectivity index (χ0) is 11.1. The minimum atomic E-state index is -4.28. The van der Waals surface area contributed by atoms with Gasteiger partial charge in [-0.05, 0) is 47.0 Å². The van der Waals surface area contributed by atoms with Crippen molar-refractivity contribution in [1.29, 1.82) is 0 Å². The Morgan fingerprint density at radius 1 is 1.27 bits per heavy atom. The molecule has 2 rings (SSSR count). The molecule has 0 saturated heterocycles. The summed E-state index contributed by atoms with van der Waals surface area (Å²) in [6.07, 6.45) is -2.22. The first kappa shape index (κ1) is 10.8. The maximum absolute atomic E-state index is 12.4. The summed E-state index contributed by atoms with van der Waals surface area (Å²) >= 11 is 3.22. The van der Waals surface area contributed by atoms with Crippen LogP contribution < -0.4 is 5.32 Å². The molecule has 82 valence electrons. The molecule has 1 aliphatic rings. The molecule has 1 nitrogen and oxygen atoms in total. The van der Waals surface area contributed by atoms with E-state index in [9.17, 15) is 13.2 Å². The molecule has 0 heterocycles. The fourth-order valence-corrected chi connectivity index (χ4v) is 1.62. The smallest absolute Gasteiger partial charge is 0.381 e. The second-order valence-corrected chi connectivity index (χ2v) is 4.47. The van der Waals surface area contributed by atoms with Gasteiger partial charge in [-0.15, -0.1) is 0 Å². The summed E-state index contributed by atoms with van der Waals surface area (Å²) in [6.45, 7) is 0. The lowest BCUT2D eigenvalue weighted by Gasteiger charge is -2.11. The van der Waals surface area contributed by atoms with Crippen molar-refractivity contribution in [1.82, 2.24) is 0 Å². The molecule has 0 amide bonds. The molecule has 1 N–H and O–H groups in total. The second kappa shape index (κ2) is 3.70. The van der Waals surface area contributed by atoms with Crippen LogP contribution in [0, 0.1) is 0 Å². The zero-order valence-electron chi connectivity index (χ0n) is 7.74. The third-order valence-electron chi connectivity index (χ3n) is 2.23. The standard InChI is InChI=1S/C10H9BrF3N/c11-8-4-1-6(10(12,13)14)5-9(8)15-7-2-3-7/h1,4-5,7,15H,2-3H2. The molecule has 0 spiro atoms. The van der Waals surface area contributed by atoms with E-state index in [2.05, 4.69) is 21.2 Å². The molecule has 0 bridgehead atoms. The van der Waals surface area contributed by atoms with Gasteiger partial charge in [0.25, 0.3) is 0 Å². The van der Waals surface area contributed by atoms with E-state index >= 15 is 0 Å². The van der Waals surface area contributed by atoms with E-state index in [1.165, 1.54) is 6.07 Å². The number of rotatable bonds is 2. The highest BCUT2D eigenvalue weighted by atomic mass is 79.9. The third kappa shape index (κ3) is 2.65. The molecule has 0 atom stereocenters. The van der Waals surface area contributed by atoms with Gasteiger partial charge in [0.2, 0.25) is 0 Å². The topological polar surface area (TPSA) is 12.0 Å². The first-order valence-corrected chi connectivity index (χ1v) is 5.39. The van der Waals surface area contributed by atoms with Crippen molar-refractivity contribution in [2.24, 2.45) is 0 Å². The van der Waals surface area contributed by atoms with Crippen molar-refractivity contribution < 1.29 is 13.2 Å². The largest absolute Gasteiger partial charge is 0.416 e. The Morgan fingerprint density at radius 2 is 1.93 bits per heavy atom. The molecule has 0 aromatic heterocycles. The monoisotopic (exact) mass is 279 g/mol.